The second-order valence-corrected chi connectivity index (χ2v) is 8.47. The van der Waals surface area contributed by atoms with Crippen LogP contribution in [0.3, 0.4) is 0 Å². The van der Waals surface area contributed by atoms with E-state index in [1.165, 1.54) is 11.8 Å². The fourth-order valence-corrected chi connectivity index (χ4v) is 3.84. The van der Waals surface area contributed by atoms with Crippen molar-refractivity contribution >= 4 is 11.8 Å². The summed E-state index contributed by atoms with van der Waals surface area (Å²) in [4.78, 5) is 4.50. The standard InChI is InChI=1S/C22H25N5O3S/c1-15(2)9-10-19-23-20(30-26-19)14-31-22-25-24-21(16-6-4-7-17(12-16)28-3)27(22)13-18-8-5-11-29-18/h4-8,11-12,15H,9-10,13-14H2,1-3H3. The van der Waals surface area contributed by atoms with Crippen molar-refractivity contribution in [3.63, 3.8) is 0 Å². The molecule has 8 nitrogen and oxygen atoms in total. The summed E-state index contributed by atoms with van der Waals surface area (Å²) in [7, 11) is 1.65. The monoisotopic (exact) mass is 439 g/mol. The molecule has 162 valence electrons. The molecule has 0 aliphatic heterocycles. The Balaban J connectivity index is 1.55. The van der Waals surface area contributed by atoms with Gasteiger partial charge in [-0.1, -0.05) is 42.9 Å². The van der Waals surface area contributed by atoms with Crippen LogP contribution in [0.4, 0.5) is 0 Å². The van der Waals surface area contributed by atoms with E-state index >= 15 is 0 Å². The molecular formula is C22H25N5O3S. The quantitative estimate of drug-likeness (QED) is 0.324. The number of ether oxygens (including phenoxy) is 1. The van der Waals surface area contributed by atoms with E-state index in [1.807, 2.05) is 41.0 Å². The molecule has 0 atom stereocenters. The maximum Gasteiger partial charge on any atom is 0.237 e. The van der Waals surface area contributed by atoms with Gasteiger partial charge in [-0.05, 0) is 36.6 Å². The summed E-state index contributed by atoms with van der Waals surface area (Å²) in [6.45, 7) is 4.88. The first kappa shape index (κ1) is 21.2. The predicted octanol–water partition coefficient (Wildman–Crippen LogP) is 4.86. The summed E-state index contributed by atoms with van der Waals surface area (Å²) in [5.74, 6) is 4.77. The van der Waals surface area contributed by atoms with Gasteiger partial charge in [-0.2, -0.15) is 4.98 Å². The number of aryl methyl sites for hydroxylation is 1. The van der Waals surface area contributed by atoms with Crippen molar-refractivity contribution in [3.05, 3.63) is 60.1 Å². The zero-order valence-corrected chi connectivity index (χ0v) is 18.6. The van der Waals surface area contributed by atoms with Gasteiger partial charge in [0.1, 0.15) is 11.5 Å². The molecule has 0 unspecified atom stereocenters. The van der Waals surface area contributed by atoms with Crippen LogP contribution >= 0.6 is 11.8 Å². The van der Waals surface area contributed by atoms with Crippen LogP contribution in [0.1, 0.15) is 37.7 Å². The van der Waals surface area contributed by atoms with E-state index in [1.54, 1.807) is 13.4 Å². The highest BCUT2D eigenvalue weighted by molar-refractivity contribution is 7.98. The zero-order valence-electron chi connectivity index (χ0n) is 17.8. The number of benzene rings is 1. The van der Waals surface area contributed by atoms with Crippen molar-refractivity contribution in [1.82, 2.24) is 24.9 Å². The number of hydrogen-bond donors (Lipinski definition) is 0. The van der Waals surface area contributed by atoms with E-state index in [2.05, 4.69) is 34.2 Å². The highest BCUT2D eigenvalue weighted by Gasteiger charge is 2.18. The number of methoxy groups -OCH3 is 1. The largest absolute Gasteiger partial charge is 0.497 e. The van der Waals surface area contributed by atoms with Crippen LogP contribution in [0, 0.1) is 5.92 Å². The lowest BCUT2D eigenvalue weighted by Gasteiger charge is -2.09. The molecule has 3 aromatic heterocycles. The lowest BCUT2D eigenvalue weighted by Crippen LogP contribution is -2.03. The molecule has 4 aromatic rings. The van der Waals surface area contributed by atoms with Crippen LogP contribution in [0.5, 0.6) is 5.75 Å². The van der Waals surface area contributed by atoms with Gasteiger partial charge in [0.05, 0.1) is 25.7 Å². The number of aromatic nitrogens is 5. The van der Waals surface area contributed by atoms with Crippen LogP contribution < -0.4 is 4.74 Å². The van der Waals surface area contributed by atoms with Gasteiger partial charge in [0, 0.05) is 12.0 Å². The minimum absolute atomic E-state index is 0.512. The van der Waals surface area contributed by atoms with Crippen molar-refractivity contribution in [1.29, 1.82) is 0 Å². The fraction of sp³-hybridized carbons (Fsp3) is 0.364. The molecule has 0 amide bonds. The molecule has 1 aromatic carbocycles. The van der Waals surface area contributed by atoms with Gasteiger partial charge in [-0.15, -0.1) is 10.2 Å². The van der Waals surface area contributed by atoms with Crippen molar-refractivity contribution in [2.45, 2.75) is 44.1 Å². The van der Waals surface area contributed by atoms with Crippen LogP contribution in [-0.4, -0.2) is 32.0 Å². The molecule has 3 heterocycles. The maximum atomic E-state index is 5.56. The van der Waals surface area contributed by atoms with E-state index < -0.39 is 0 Å². The summed E-state index contributed by atoms with van der Waals surface area (Å²) in [5.41, 5.74) is 0.916. The normalized spacial score (nSPS) is 11.4. The van der Waals surface area contributed by atoms with Gasteiger partial charge >= 0.3 is 0 Å². The van der Waals surface area contributed by atoms with Crippen LogP contribution in [-0.2, 0) is 18.7 Å². The SMILES string of the molecule is COc1cccc(-c2nnc(SCc3nc(CCC(C)C)no3)n2Cc2ccco2)c1. The molecule has 9 heteroatoms. The third-order valence-electron chi connectivity index (χ3n) is 4.72. The molecule has 0 N–H and O–H groups in total. The lowest BCUT2D eigenvalue weighted by molar-refractivity contribution is 0.383. The first-order valence-electron chi connectivity index (χ1n) is 10.2. The summed E-state index contributed by atoms with van der Waals surface area (Å²) in [6, 6.07) is 11.6. The molecule has 4 rings (SSSR count). The van der Waals surface area contributed by atoms with E-state index in [-0.39, 0.29) is 0 Å². The zero-order chi connectivity index (χ0) is 21.6. The first-order valence-corrected chi connectivity index (χ1v) is 11.1. The Morgan fingerprint density at radius 3 is 2.84 bits per heavy atom. The summed E-state index contributed by atoms with van der Waals surface area (Å²) < 4.78 is 18.4. The molecule has 31 heavy (non-hydrogen) atoms. The lowest BCUT2D eigenvalue weighted by atomic mass is 10.1. The smallest absolute Gasteiger partial charge is 0.237 e. The molecule has 0 fully saturated rings. The molecular weight excluding hydrogens is 414 g/mol. The molecule has 0 saturated carbocycles. The Labute approximate surface area is 185 Å². The Morgan fingerprint density at radius 2 is 2.06 bits per heavy atom. The van der Waals surface area contributed by atoms with E-state index in [9.17, 15) is 0 Å². The Hall–Kier alpha value is -3.07. The second kappa shape index (κ2) is 9.82. The molecule has 0 aliphatic carbocycles. The topological polar surface area (TPSA) is 92.0 Å². The second-order valence-electron chi connectivity index (χ2n) is 7.53. The predicted molar refractivity (Wildman–Crippen MR) is 117 cm³/mol. The highest BCUT2D eigenvalue weighted by Crippen LogP contribution is 2.29. The Morgan fingerprint density at radius 1 is 1.16 bits per heavy atom. The molecule has 0 spiro atoms. The molecule has 0 saturated heterocycles. The minimum Gasteiger partial charge on any atom is -0.497 e. The van der Waals surface area contributed by atoms with Gasteiger partial charge in [0.15, 0.2) is 16.8 Å². The first-order chi connectivity index (χ1) is 15.1. The molecule has 0 radical (unpaired) electrons. The van der Waals surface area contributed by atoms with Crippen molar-refractivity contribution < 1.29 is 13.7 Å². The summed E-state index contributed by atoms with van der Waals surface area (Å²) in [5, 5.41) is 13.7. The van der Waals surface area contributed by atoms with Crippen LogP contribution in [0.25, 0.3) is 11.4 Å². The van der Waals surface area contributed by atoms with E-state index in [4.69, 9.17) is 13.7 Å². The Kier molecular flexibility index (Phi) is 6.71. The summed E-state index contributed by atoms with van der Waals surface area (Å²) in [6.07, 6.45) is 3.52. The van der Waals surface area contributed by atoms with Gasteiger partial charge in [-0.25, -0.2) is 0 Å². The van der Waals surface area contributed by atoms with E-state index in [0.717, 1.165) is 46.7 Å². The van der Waals surface area contributed by atoms with Gasteiger partial charge in [-0.3, -0.25) is 4.57 Å². The van der Waals surface area contributed by atoms with Gasteiger partial charge in [0.25, 0.3) is 0 Å². The van der Waals surface area contributed by atoms with Crippen LogP contribution in [0.15, 0.2) is 56.8 Å². The Bertz CT molecular complexity index is 1100. The molecule has 0 aliphatic rings. The third-order valence-corrected chi connectivity index (χ3v) is 5.67. The number of hydrogen-bond acceptors (Lipinski definition) is 8. The minimum atomic E-state index is 0.512. The molecule has 0 bridgehead atoms. The number of rotatable bonds is 10. The number of furan rings is 1. The third kappa shape index (κ3) is 5.35. The van der Waals surface area contributed by atoms with Crippen LogP contribution in [0.2, 0.25) is 0 Å². The van der Waals surface area contributed by atoms with Crippen molar-refractivity contribution in [2.75, 3.05) is 7.11 Å². The van der Waals surface area contributed by atoms with Crippen molar-refractivity contribution in [2.24, 2.45) is 5.92 Å². The highest BCUT2D eigenvalue weighted by atomic mass is 32.2. The summed E-state index contributed by atoms with van der Waals surface area (Å²) >= 11 is 1.51. The average molecular weight is 440 g/mol. The average Bonchev–Trinajstić information content (AvgIpc) is 3.53. The fourth-order valence-electron chi connectivity index (χ4n) is 3.07. The number of nitrogens with zero attached hydrogens (tertiary/aromatic N) is 5. The van der Waals surface area contributed by atoms with E-state index in [0.29, 0.717) is 24.1 Å². The number of thioether (sulfide) groups is 1. The maximum absolute atomic E-state index is 5.56. The van der Waals surface area contributed by atoms with Gasteiger partial charge in [0.2, 0.25) is 5.89 Å². The van der Waals surface area contributed by atoms with Gasteiger partial charge < -0.3 is 13.7 Å². The van der Waals surface area contributed by atoms with Crippen molar-refractivity contribution in [3.8, 4) is 17.1 Å².